The number of hydrogen-bond donors (Lipinski definition) is 1. The van der Waals surface area contributed by atoms with Gasteiger partial charge in [-0.2, -0.15) is 8.78 Å². The summed E-state index contributed by atoms with van der Waals surface area (Å²) in [6.07, 6.45) is -1.76. The van der Waals surface area contributed by atoms with Crippen LogP contribution in [0.5, 0.6) is 5.75 Å². The van der Waals surface area contributed by atoms with Gasteiger partial charge < -0.3 is 9.84 Å². The topological polar surface area (TPSA) is 46.5 Å². The van der Waals surface area contributed by atoms with Crippen LogP contribution in [0.25, 0.3) is 0 Å². The Morgan fingerprint density at radius 1 is 1.53 bits per heavy atom. The van der Waals surface area contributed by atoms with Crippen molar-refractivity contribution in [1.82, 2.24) is 0 Å². The number of carboxylic acids is 1. The minimum absolute atomic E-state index is 0.105. The van der Waals surface area contributed by atoms with Gasteiger partial charge in [-0.3, -0.25) is 0 Å². The van der Waals surface area contributed by atoms with Crippen LogP contribution in [0.3, 0.4) is 0 Å². The smallest absolute Gasteiger partial charge is 0.394 e. The first-order valence-electron chi connectivity index (χ1n) is 4.43. The molecule has 0 heterocycles. The van der Waals surface area contributed by atoms with Crippen LogP contribution in [0.15, 0.2) is 17.0 Å². The van der Waals surface area contributed by atoms with E-state index < -0.39 is 12.1 Å². The molecular weight excluding hydrogens is 274 g/mol. The van der Waals surface area contributed by atoms with Crippen molar-refractivity contribution >= 4 is 29.3 Å². The first kappa shape index (κ1) is 14.1. The number of aromatic carboxylic acids is 1. The van der Waals surface area contributed by atoms with E-state index in [-0.39, 0.29) is 21.2 Å². The van der Waals surface area contributed by atoms with Gasteiger partial charge in [-0.25, -0.2) is 4.79 Å². The summed E-state index contributed by atoms with van der Waals surface area (Å²) in [5.74, 6) is -1.36. The first-order chi connectivity index (χ1) is 7.76. The third-order valence-electron chi connectivity index (χ3n) is 1.78. The molecule has 0 unspecified atom stereocenters. The fourth-order valence-electron chi connectivity index (χ4n) is 1.17. The van der Waals surface area contributed by atoms with Gasteiger partial charge in [0, 0.05) is 6.92 Å². The Balaban J connectivity index is 3.26. The Bertz CT molecular complexity index is 446. The van der Waals surface area contributed by atoms with Crippen molar-refractivity contribution in [2.45, 2.75) is 17.9 Å². The minimum Gasteiger partial charge on any atom is -0.478 e. The maximum Gasteiger partial charge on any atom is 0.394 e. The Labute approximate surface area is 106 Å². The SMILES string of the molecule is CSc1c(OC(C)(F)F)ccc(C(=O)O)c1Cl. The van der Waals surface area contributed by atoms with E-state index in [4.69, 9.17) is 16.7 Å². The lowest BCUT2D eigenvalue weighted by Crippen LogP contribution is -2.19. The second-order valence-corrected chi connectivity index (χ2v) is 4.37. The van der Waals surface area contributed by atoms with Crippen LogP contribution >= 0.6 is 23.4 Å². The molecule has 0 fully saturated rings. The summed E-state index contributed by atoms with van der Waals surface area (Å²) < 4.78 is 29.9. The van der Waals surface area contributed by atoms with Gasteiger partial charge in [0.05, 0.1) is 15.5 Å². The summed E-state index contributed by atoms with van der Waals surface area (Å²) in [6, 6.07) is 2.30. The first-order valence-corrected chi connectivity index (χ1v) is 6.03. The number of carboxylic acid groups (broad SMARTS) is 1. The molecule has 1 rings (SSSR count). The highest BCUT2D eigenvalue weighted by atomic mass is 35.5. The molecule has 0 saturated carbocycles. The van der Waals surface area contributed by atoms with Gasteiger partial charge in [0.1, 0.15) is 5.75 Å². The van der Waals surface area contributed by atoms with Crippen molar-refractivity contribution in [2.24, 2.45) is 0 Å². The number of carbonyl (C=O) groups is 1. The fourth-order valence-corrected chi connectivity index (χ4v) is 2.24. The molecule has 17 heavy (non-hydrogen) atoms. The van der Waals surface area contributed by atoms with Crippen LogP contribution in [0.2, 0.25) is 5.02 Å². The van der Waals surface area contributed by atoms with E-state index in [1.807, 2.05) is 0 Å². The zero-order valence-electron chi connectivity index (χ0n) is 8.96. The molecule has 1 aromatic carbocycles. The zero-order valence-corrected chi connectivity index (χ0v) is 10.5. The van der Waals surface area contributed by atoms with Crippen molar-refractivity contribution in [3.05, 3.63) is 22.7 Å². The second kappa shape index (κ2) is 5.10. The molecule has 0 aromatic heterocycles. The molecule has 0 atom stereocenters. The van der Waals surface area contributed by atoms with E-state index in [0.717, 1.165) is 17.8 Å². The van der Waals surface area contributed by atoms with E-state index in [1.54, 1.807) is 6.26 Å². The highest BCUT2D eigenvalue weighted by Crippen LogP contribution is 2.38. The molecule has 1 aromatic rings. The monoisotopic (exact) mass is 282 g/mol. The zero-order chi connectivity index (χ0) is 13.2. The molecule has 1 N–H and O–H groups in total. The Morgan fingerprint density at radius 3 is 2.53 bits per heavy atom. The van der Waals surface area contributed by atoms with Crippen molar-refractivity contribution in [2.75, 3.05) is 6.26 Å². The summed E-state index contributed by atoms with van der Waals surface area (Å²) in [4.78, 5) is 11.0. The molecular formula is C10H9ClF2O3S. The Hall–Kier alpha value is -1.01. The summed E-state index contributed by atoms with van der Waals surface area (Å²) >= 11 is 6.85. The lowest BCUT2D eigenvalue weighted by molar-refractivity contribution is -0.160. The standard InChI is InChI=1S/C10H9ClF2O3S/c1-10(12,13)16-6-4-3-5(9(14)15)7(11)8(6)17-2/h3-4H,1-2H3,(H,14,15). The number of rotatable bonds is 4. The van der Waals surface area contributed by atoms with Crippen molar-refractivity contribution in [3.63, 3.8) is 0 Å². The predicted molar refractivity (Wildman–Crippen MR) is 61.4 cm³/mol. The highest BCUT2D eigenvalue weighted by Gasteiger charge is 2.26. The minimum atomic E-state index is -3.35. The number of hydrogen-bond acceptors (Lipinski definition) is 3. The largest absolute Gasteiger partial charge is 0.478 e. The molecule has 94 valence electrons. The van der Waals surface area contributed by atoms with Crippen LogP contribution in [-0.4, -0.2) is 23.4 Å². The molecule has 7 heteroatoms. The molecule has 0 amide bonds. The van der Waals surface area contributed by atoms with Gasteiger partial charge in [-0.05, 0) is 18.4 Å². The molecule has 0 aliphatic rings. The van der Waals surface area contributed by atoms with Gasteiger partial charge in [0.2, 0.25) is 0 Å². The average Bonchev–Trinajstić information content (AvgIpc) is 2.15. The quantitative estimate of drug-likeness (QED) is 0.854. The van der Waals surface area contributed by atoms with Crippen molar-refractivity contribution < 1.29 is 23.4 Å². The normalized spacial score (nSPS) is 11.4. The maximum atomic E-state index is 12.7. The number of halogens is 3. The molecule has 0 radical (unpaired) electrons. The number of benzene rings is 1. The average molecular weight is 283 g/mol. The fraction of sp³-hybridized carbons (Fsp3) is 0.300. The summed E-state index contributed by atoms with van der Waals surface area (Å²) in [5, 5.41) is 8.72. The van der Waals surface area contributed by atoms with Gasteiger partial charge in [-0.1, -0.05) is 11.6 Å². The van der Waals surface area contributed by atoms with E-state index in [9.17, 15) is 13.6 Å². The van der Waals surface area contributed by atoms with Gasteiger partial charge >= 0.3 is 12.1 Å². The second-order valence-electron chi connectivity index (χ2n) is 3.17. The van der Waals surface area contributed by atoms with Crippen LogP contribution in [-0.2, 0) is 0 Å². The highest BCUT2D eigenvalue weighted by molar-refractivity contribution is 7.98. The molecule has 0 spiro atoms. The van der Waals surface area contributed by atoms with Crippen molar-refractivity contribution in [3.8, 4) is 5.75 Å². The number of alkyl halides is 2. The number of ether oxygens (including phenoxy) is 1. The van der Waals surface area contributed by atoms with Gasteiger partial charge in [0.15, 0.2) is 0 Å². The van der Waals surface area contributed by atoms with E-state index in [0.29, 0.717) is 6.92 Å². The lowest BCUT2D eigenvalue weighted by Gasteiger charge is -2.16. The Morgan fingerprint density at radius 2 is 2.12 bits per heavy atom. The third-order valence-corrected chi connectivity index (χ3v) is 3.10. The molecule has 3 nitrogen and oxygen atoms in total. The Kier molecular flexibility index (Phi) is 4.21. The third kappa shape index (κ3) is 3.47. The van der Waals surface area contributed by atoms with Crippen LogP contribution in [0, 0.1) is 0 Å². The van der Waals surface area contributed by atoms with Crippen LogP contribution in [0.1, 0.15) is 17.3 Å². The maximum absolute atomic E-state index is 12.7. The van der Waals surface area contributed by atoms with Crippen molar-refractivity contribution in [1.29, 1.82) is 0 Å². The van der Waals surface area contributed by atoms with Crippen LogP contribution in [0.4, 0.5) is 8.78 Å². The lowest BCUT2D eigenvalue weighted by atomic mass is 10.2. The van der Waals surface area contributed by atoms with Crippen LogP contribution < -0.4 is 4.74 Å². The summed E-state index contributed by atoms with van der Waals surface area (Å²) in [7, 11) is 0. The molecule has 0 aliphatic carbocycles. The molecule has 0 bridgehead atoms. The van der Waals surface area contributed by atoms with E-state index in [1.165, 1.54) is 6.07 Å². The van der Waals surface area contributed by atoms with E-state index in [2.05, 4.69) is 4.74 Å². The van der Waals surface area contributed by atoms with Gasteiger partial charge in [-0.15, -0.1) is 11.8 Å². The molecule has 0 saturated heterocycles. The van der Waals surface area contributed by atoms with E-state index >= 15 is 0 Å². The summed E-state index contributed by atoms with van der Waals surface area (Å²) in [6.45, 7) is 0.593. The summed E-state index contributed by atoms with van der Waals surface area (Å²) in [5.41, 5.74) is -0.150. The van der Waals surface area contributed by atoms with Gasteiger partial charge in [0.25, 0.3) is 0 Å². The molecule has 0 aliphatic heterocycles. The number of thioether (sulfide) groups is 1. The predicted octanol–water partition coefficient (Wildman–Crippen LogP) is 3.75.